The minimum atomic E-state index is -1.02. The van der Waals surface area contributed by atoms with Crippen LogP contribution in [0.4, 0.5) is 5.95 Å². The number of rotatable bonds is 4. The van der Waals surface area contributed by atoms with Gasteiger partial charge in [-0.15, -0.1) is 0 Å². The number of hydrogen-bond acceptors (Lipinski definition) is 7. The summed E-state index contributed by atoms with van der Waals surface area (Å²) in [4.78, 5) is 26.3. The smallest absolute Gasteiger partial charge is 0.273 e. The second-order valence-electron chi connectivity index (χ2n) is 5.74. The number of oxazole rings is 1. The molecule has 2 N–H and O–H groups in total. The molecule has 122 valence electrons. The number of nitrogens with zero attached hydrogens (tertiary/aromatic N) is 4. The van der Waals surface area contributed by atoms with Crippen LogP contribution in [0, 0.1) is 6.92 Å². The van der Waals surface area contributed by atoms with Gasteiger partial charge < -0.3 is 19.7 Å². The summed E-state index contributed by atoms with van der Waals surface area (Å²) in [6, 6.07) is 1.75. The molecule has 2 aromatic heterocycles. The lowest BCUT2D eigenvalue weighted by molar-refractivity contribution is 0.0251. The van der Waals surface area contributed by atoms with Crippen molar-refractivity contribution >= 4 is 11.9 Å². The van der Waals surface area contributed by atoms with Crippen molar-refractivity contribution in [2.75, 3.05) is 24.5 Å². The van der Waals surface area contributed by atoms with Crippen LogP contribution >= 0.6 is 0 Å². The molecule has 0 spiro atoms. The van der Waals surface area contributed by atoms with E-state index in [4.69, 9.17) is 4.42 Å². The number of carbonyl (C=O) groups excluding carboxylic acids is 1. The van der Waals surface area contributed by atoms with Crippen molar-refractivity contribution in [3.05, 3.63) is 36.3 Å². The van der Waals surface area contributed by atoms with E-state index in [2.05, 4.69) is 20.3 Å². The third-order valence-corrected chi connectivity index (χ3v) is 3.93. The normalized spacial score (nSPS) is 21.2. The van der Waals surface area contributed by atoms with Crippen LogP contribution in [0.25, 0.3) is 0 Å². The number of aliphatic hydroxyl groups is 1. The number of piperidine rings is 1. The predicted octanol–water partition coefficient (Wildman–Crippen LogP) is 0.534. The van der Waals surface area contributed by atoms with E-state index in [-0.39, 0.29) is 18.1 Å². The summed E-state index contributed by atoms with van der Waals surface area (Å²) in [5.74, 6) is 0.694. The maximum Gasteiger partial charge on any atom is 0.273 e. The Balaban J connectivity index is 1.62. The molecule has 0 aliphatic carbocycles. The van der Waals surface area contributed by atoms with Crippen molar-refractivity contribution in [2.45, 2.75) is 25.4 Å². The Morgan fingerprint density at radius 3 is 2.91 bits per heavy atom. The van der Waals surface area contributed by atoms with Crippen LogP contribution in [0.5, 0.6) is 0 Å². The first kappa shape index (κ1) is 15.4. The fourth-order valence-corrected chi connectivity index (χ4v) is 2.73. The van der Waals surface area contributed by atoms with Crippen LogP contribution in [-0.4, -0.2) is 51.2 Å². The van der Waals surface area contributed by atoms with Gasteiger partial charge in [0.2, 0.25) is 5.95 Å². The molecule has 1 fully saturated rings. The van der Waals surface area contributed by atoms with Gasteiger partial charge in [-0.3, -0.25) is 4.79 Å². The molecule has 23 heavy (non-hydrogen) atoms. The second-order valence-corrected chi connectivity index (χ2v) is 5.74. The molecule has 1 atom stereocenters. The van der Waals surface area contributed by atoms with Gasteiger partial charge in [-0.05, 0) is 25.8 Å². The van der Waals surface area contributed by atoms with E-state index in [0.29, 0.717) is 24.7 Å². The van der Waals surface area contributed by atoms with E-state index >= 15 is 0 Å². The molecule has 1 aliphatic rings. The van der Waals surface area contributed by atoms with E-state index < -0.39 is 5.60 Å². The fourth-order valence-electron chi connectivity index (χ4n) is 2.73. The number of hydrogen-bond donors (Lipinski definition) is 2. The molecule has 3 heterocycles. The molecule has 1 saturated heterocycles. The molecule has 8 heteroatoms. The fraction of sp³-hybridized carbons (Fsp3) is 0.467. The summed E-state index contributed by atoms with van der Waals surface area (Å²) in [7, 11) is 0. The van der Waals surface area contributed by atoms with Gasteiger partial charge in [0.1, 0.15) is 5.76 Å². The van der Waals surface area contributed by atoms with Crippen molar-refractivity contribution in [1.82, 2.24) is 20.3 Å². The van der Waals surface area contributed by atoms with Gasteiger partial charge >= 0.3 is 0 Å². The lowest BCUT2D eigenvalue weighted by Crippen LogP contribution is -2.54. The molecular formula is C15H19N5O3. The van der Waals surface area contributed by atoms with Gasteiger partial charge in [0.05, 0.1) is 12.1 Å². The molecule has 1 amide bonds. The third kappa shape index (κ3) is 3.48. The lowest BCUT2D eigenvalue weighted by atomic mass is 9.93. The summed E-state index contributed by atoms with van der Waals surface area (Å²) >= 11 is 0. The number of β-amino-alcohol motifs (C(OH)–C–C–N with tert-alkyl or cyclic N) is 1. The highest BCUT2D eigenvalue weighted by molar-refractivity contribution is 5.93. The van der Waals surface area contributed by atoms with Crippen molar-refractivity contribution in [1.29, 1.82) is 0 Å². The lowest BCUT2D eigenvalue weighted by Gasteiger charge is -2.39. The zero-order valence-electron chi connectivity index (χ0n) is 12.9. The Hall–Kier alpha value is -2.48. The summed E-state index contributed by atoms with van der Waals surface area (Å²) < 4.78 is 5.02. The second kappa shape index (κ2) is 6.33. The first-order valence-electron chi connectivity index (χ1n) is 7.50. The maximum atomic E-state index is 12.1. The molecule has 0 bridgehead atoms. The standard InChI is InChI=1S/C15H19N5O3/c1-11-12(19-10-23-11)13(21)18-8-15(22)4-2-7-20(9-15)14-16-5-3-6-17-14/h3,5-6,10,22H,2,4,7-9H2,1H3,(H,18,21)/t15-/m0/s1. The quantitative estimate of drug-likeness (QED) is 0.847. The van der Waals surface area contributed by atoms with E-state index in [9.17, 15) is 9.90 Å². The monoisotopic (exact) mass is 317 g/mol. The highest BCUT2D eigenvalue weighted by Gasteiger charge is 2.35. The highest BCUT2D eigenvalue weighted by atomic mass is 16.3. The minimum absolute atomic E-state index is 0.140. The maximum absolute atomic E-state index is 12.1. The highest BCUT2D eigenvalue weighted by Crippen LogP contribution is 2.23. The zero-order chi connectivity index (χ0) is 16.3. The van der Waals surface area contributed by atoms with Crippen LogP contribution in [0.2, 0.25) is 0 Å². The van der Waals surface area contributed by atoms with E-state index in [1.54, 1.807) is 25.4 Å². The van der Waals surface area contributed by atoms with Crippen molar-refractivity contribution in [2.24, 2.45) is 0 Å². The Morgan fingerprint density at radius 2 is 2.22 bits per heavy atom. The first-order valence-corrected chi connectivity index (χ1v) is 7.50. The van der Waals surface area contributed by atoms with Gasteiger partial charge in [-0.1, -0.05) is 0 Å². The summed E-state index contributed by atoms with van der Waals surface area (Å²) in [5, 5.41) is 13.5. The molecular weight excluding hydrogens is 298 g/mol. The van der Waals surface area contributed by atoms with Gasteiger partial charge in [0, 0.05) is 25.5 Å². The van der Waals surface area contributed by atoms with Gasteiger partial charge in [-0.2, -0.15) is 0 Å². The largest absolute Gasteiger partial charge is 0.448 e. The average molecular weight is 317 g/mol. The molecule has 0 aromatic carbocycles. The van der Waals surface area contributed by atoms with Crippen molar-refractivity contribution < 1.29 is 14.3 Å². The number of carbonyl (C=O) groups is 1. The van der Waals surface area contributed by atoms with Crippen LogP contribution in [0.15, 0.2) is 29.3 Å². The Morgan fingerprint density at radius 1 is 1.43 bits per heavy atom. The summed E-state index contributed by atoms with van der Waals surface area (Å²) in [6.45, 7) is 2.96. The van der Waals surface area contributed by atoms with E-state index in [1.165, 1.54) is 6.39 Å². The SMILES string of the molecule is Cc1ocnc1C(=O)NC[C@@]1(O)CCCN(c2ncccn2)C1. The number of anilines is 1. The van der Waals surface area contributed by atoms with Gasteiger partial charge in [0.25, 0.3) is 5.91 Å². The van der Waals surface area contributed by atoms with Gasteiger partial charge in [-0.25, -0.2) is 15.0 Å². The number of aryl methyl sites for hydroxylation is 1. The predicted molar refractivity (Wildman–Crippen MR) is 82.0 cm³/mol. The molecule has 3 rings (SSSR count). The number of amides is 1. The van der Waals surface area contributed by atoms with Crippen molar-refractivity contribution in [3.8, 4) is 0 Å². The van der Waals surface area contributed by atoms with Crippen LogP contribution < -0.4 is 10.2 Å². The van der Waals surface area contributed by atoms with Crippen LogP contribution in [-0.2, 0) is 0 Å². The molecule has 8 nitrogen and oxygen atoms in total. The topological polar surface area (TPSA) is 104 Å². The summed E-state index contributed by atoms with van der Waals surface area (Å²) in [5.41, 5.74) is -0.780. The average Bonchev–Trinajstić information content (AvgIpc) is 3.00. The first-order chi connectivity index (χ1) is 11.1. The molecule has 2 aromatic rings. The van der Waals surface area contributed by atoms with Gasteiger partial charge in [0.15, 0.2) is 12.1 Å². The third-order valence-electron chi connectivity index (χ3n) is 3.93. The van der Waals surface area contributed by atoms with E-state index in [1.807, 2.05) is 4.90 Å². The Kier molecular flexibility index (Phi) is 4.24. The van der Waals surface area contributed by atoms with Crippen LogP contribution in [0.3, 0.4) is 0 Å². The number of aromatic nitrogens is 3. The molecule has 1 aliphatic heterocycles. The minimum Gasteiger partial charge on any atom is -0.448 e. The van der Waals surface area contributed by atoms with E-state index in [0.717, 1.165) is 13.0 Å². The number of nitrogens with one attached hydrogen (secondary N) is 1. The molecule has 0 unspecified atom stereocenters. The Bertz CT molecular complexity index is 675. The summed E-state index contributed by atoms with van der Waals surface area (Å²) in [6.07, 6.45) is 5.98. The zero-order valence-corrected chi connectivity index (χ0v) is 12.9. The Labute approximate surface area is 133 Å². The van der Waals surface area contributed by atoms with Crippen LogP contribution in [0.1, 0.15) is 29.1 Å². The molecule has 0 saturated carbocycles. The molecule has 0 radical (unpaired) electrons. The van der Waals surface area contributed by atoms with Crippen molar-refractivity contribution in [3.63, 3.8) is 0 Å².